The van der Waals surface area contributed by atoms with Crippen molar-refractivity contribution in [3.63, 3.8) is 0 Å². The fourth-order valence-electron chi connectivity index (χ4n) is 3.67. The molecule has 0 saturated heterocycles. The molecule has 1 aliphatic rings. The first-order valence-electron chi connectivity index (χ1n) is 9.39. The molecule has 2 atom stereocenters. The standard InChI is InChI=1S/C21H21FN2O3S/c1-11-6-7-15-16(8-11)28-21-18(15)20(26)23-19(24-21)12(2)27-17(25)10-13-4-3-5-14(22)9-13/h3-5,9,11-12H,6-8,10H2,1-2H3,(H,23,24,26)/t11-,12-/m0/s1. The smallest absolute Gasteiger partial charge is 0.310 e. The largest absolute Gasteiger partial charge is 0.454 e. The summed E-state index contributed by atoms with van der Waals surface area (Å²) in [5.74, 6) is 0.0458. The number of aromatic amines is 1. The lowest BCUT2D eigenvalue weighted by atomic mass is 9.89. The highest BCUT2D eigenvalue weighted by Crippen LogP contribution is 2.35. The molecule has 0 amide bonds. The van der Waals surface area contributed by atoms with Crippen LogP contribution in [0.2, 0.25) is 0 Å². The minimum atomic E-state index is -0.698. The summed E-state index contributed by atoms with van der Waals surface area (Å²) in [5.41, 5.74) is 1.48. The minimum Gasteiger partial charge on any atom is -0.454 e. The van der Waals surface area contributed by atoms with Crippen LogP contribution in [0.1, 0.15) is 48.2 Å². The number of hydrogen-bond donors (Lipinski definition) is 1. The number of ether oxygens (including phenoxy) is 1. The molecule has 2 aromatic heterocycles. The van der Waals surface area contributed by atoms with E-state index in [0.29, 0.717) is 27.5 Å². The molecular formula is C21H21FN2O3S. The average Bonchev–Trinajstić information content (AvgIpc) is 2.99. The van der Waals surface area contributed by atoms with Gasteiger partial charge < -0.3 is 9.72 Å². The van der Waals surface area contributed by atoms with Crippen molar-refractivity contribution in [3.05, 3.63) is 62.3 Å². The van der Waals surface area contributed by atoms with Crippen molar-refractivity contribution in [1.82, 2.24) is 9.97 Å². The summed E-state index contributed by atoms with van der Waals surface area (Å²) in [7, 11) is 0. The van der Waals surface area contributed by atoms with E-state index in [1.165, 1.54) is 17.0 Å². The van der Waals surface area contributed by atoms with Crippen molar-refractivity contribution in [3.8, 4) is 0 Å². The van der Waals surface area contributed by atoms with Gasteiger partial charge in [-0.15, -0.1) is 11.3 Å². The van der Waals surface area contributed by atoms with Crippen LogP contribution in [-0.4, -0.2) is 15.9 Å². The number of aromatic nitrogens is 2. The van der Waals surface area contributed by atoms with Crippen LogP contribution in [0.5, 0.6) is 0 Å². The summed E-state index contributed by atoms with van der Waals surface area (Å²) in [6, 6.07) is 5.84. The number of thiophene rings is 1. The lowest BCUT2D eigenvalue weighted by molar-refractivity contribution is -0.148. The molecule has 0 aliphatic heterocycles. The van der Waals surface area contributed by atoms with Gasteiger partial charge in [0.15, 0.2) is 11.9 Å². The van der Waals surface area contributed by atoms with Gasteiger partial charge in [-0.3, -0.25) is 9.59 Å². The maximum Gasteiger partial charge on any atom is 0.310 e. The Bertz CT molecular complexity index is 1100. The number of carbonyl (C=O) groups is 1. The van der Waals surface area contributed by atoms with Crippen LogP contribution >= 0.6 is 11.3 Å². The van der Waals surface area contributed by atoms with Crippen LogP contribution in [0.3, 0.4) is 0 Å². The monoisotopic (exact) mass is 400 g/mol. The van der Waals surface area contributed by atoms with Gasteiger partial charge in [0.1, 0.15) is 10.6 Å². The molecule has 1 aliphatic carbocycles. The second-order valence-electron chi connectivity index (χ2n) is 7.42. The molecule has 146 valence electrons. The van der Waals surface area contributed by atoms with Gasteiger partial charge in [-0.05, 0) is 55.4 Å². The zero-order chi connectivity index (χ0) is 19.8. The normalized spacial score (nSPS) is 17.3. The van der Waals surface area contributed by atoms with E-state index in [-0.39, 0.29) is 12.0 Å². The van der Waals surface area contributed by atoms with Crippen LogP contribution in [0.4, 0.5) is 4.39 Å². The molecule has 0 saturated carbocycles. The van der Waals surface area contributed by atoms with Crippen molar-refractivity contribution < 1.29 is 13.9 Å². The van der Waals surface area contributed by atoms with Gasteiger partial charge in [-0.2, -0.15) is 0 Å². The highest BCUT2D eigenvalue weighted by molar-refractivity contribution is 7.18. The van der Waals surface area contributed by atoms with E-state index in [2.05, 4.69) is 16.9 Å². The maximum atomic E-state index is 13.3. The van der Waals surface area contributed by atoms with Crippen LogP contribution in [0.25, 0.3) is 10.2 Å². The number of H-pyrrole nitrogens is 1. The van der Waals surface area contributed by atoms with Crippen LogP contribution in [-0.2, 0) is 28.8 Å². The SMILES string of the molecule is C[C@H]1CCc2c(sc3nc([C@H](C)OC(=O)Cc4cccc(F)c4)[nH]c(=O)c23)C1. The molecule has 0 spiro atoms. The number of fused-ring (bicyclic) bond motifs is 3. The fraction of sp³-hybridized carbons (Fsp3) is 0.381. The molecule has 0 bridgehead atoms. The first-order valence-corrected chi connectivity index (χ1v) is 10.2. The second-order valence-corrected chi connectivity index (χ2v) is 8.51. The topological polar surface area (TPSA) is 72.0 Å². The Balaban J connectivity index is 1.55. The molecule has 1 aromatic carbocycles. The molecule has 4 rings (SSSR count). The van der Waals surface area contributed by atoms with Gasteiger partial charge in [-0.1, -0.05) is 19.1 Å². The number of halogens is 1. The van der Waals surface area contributed by atoms with Crippen molar-refractivity contribution in [2.45, 2.75) is 45.6 Å². The molecule has 3 aromatic rings. The van der Waals surface area contributed by atoms with E-state index in [9.17, 15) is 14.0 Å². The molecule has 28 heavy (non-hydrogen) atoms. The Labute approximate surface area is 165 Å². The fourth-order valence-corrected chi connectivity index (χ4v) is 5.06. The van der Waals surface area contributed by atoms with Gasteiger partial charge in [0, 0.05) is 4.88 Å². The number of benzene rings is 1. The summed E-state index contributed by atoms with van der Waals surface area (Å²) >= 11 is 1.56. The van der Waals surface area contributed by atoms with Crippen molar-refractivity contribution in [2.75, 3.05) is 0 Å². The summed E-state index contributed by atoms with van der Waals surface area (Å²) in [6.07, 6.45) is 2.21. The van der Waals surface area contributed by atoms with Crippen molar-refractivity contribution in [2.24, 2.45) is 5.92 Å². The summed E-state index contributed by atoms with van der Waals surface area (Å²) in [5, 5.41) is 0.675. The number of carbonyl (C=O) groups excluding carboxylic acids is 1. The highest BCUT2D eigenvalue weighted by Gasteiger charge is 2.24. The summed E-state index contributed by atoms with van der Waals surface area (Å²) in [4.78, 5) is 34.1. The average molecular weight is 400 g/mol. The van der Waals surface area contributed by atoms with E-state index in [1.54, 1.807) is 30.4 Å². The van der Waals surface area contributed by atoms with Crippen LogP contribution < -0.4 is 5.56 Å². The van der Waals surface area contributed by atoms with Gasteiger partial charge in [0.05, 0.1) is 11.8 Å². The van der Waals surface area contributed by atoms with E-state index in [1.807, 2.05) is 0 Å². The number of hydrogen-bond acceptors (Lipinski definition) is 5. The highest BCUT2D eigenvalue weighted by atomic mass is 32.1. The minimum absolute atomic E-state index is 0.0419. The number of nitrogens with zero attached hydrogens (tertiary/aromatic N) is 1. The predicted octanol–water partition coefficient (Wildman–Crippen LogP) is 4.10. The van der Waals surface area contributed by atoms with Gasteiger partial charge in [0.25, 0.3) is 5.56 Å². The number of aryl methyl sites for hydroxylation is 1. The molecular weight excluding hydrogens is 379 g/mol. The lowest BCUT2D eigenvalue weighted by Crippen LogP contribution is -2.18. The van der Waals surface area contributed by atoms with E-state index in [4.69, 9.17) is 4.74 Å². The van der Waals surface area contributed by atoms with Gasteiger partial charge in [0.2, 0.25) is 0 Å². The molecule has 0 fully saturated rings. The van der Waals surface area contributed by atoms with Gasteiger partial charge in [-0.25, -0.2) is 9.37 Å². The maximum absolute atomic E-state index is 13.3. The second kappa shape index (κ2) is 7.47. The van der Waals surface area contributed by atoms with Crippen molar-refractivity contribution in [1.29, 1.82) is 0 Å². The zero-order valence-corrected chi connectivity index (χ0v) is 16.6. The van der Waals surface area contributed by atoms with E-state index >= 15 is 0 Å². The molecule has 0 unspecified atom stereocenters. The van der Waals surface area contributed by atoms with E-state index < -0.39 is 17.9 Å². The third kappa shape index (κ3) is 3.71. The number of nitrogens with one attached hydrogen (secondary N) is 1. The molecule has 0 radical (unpaired) electrons. The van der Waals surface area contributed by atoms with Crippen molar-refractivity contribution >= 4 is 27.5 Å². The Morgan fingerprint density at radius 2 is 2.29 bits per heavy atom. The van der Waals surface area contributed by atoms with Crippen LogP contribution in [0, 0.1) is 11.7 Å². The Morgan fingerprint density at radius 1 is 1.46 bits per heavy atom. The Morgan fingerprint density at radius 3 is 3.07 bits per heavy atom. The Hall–Kier alpha value is -2.54. The summed E-state index contributed by atoms with van der Waals surface area (Å²) in [6.45, 7) is 3.89. The first kappa shape index (κ1) is 18.8. The van der Waals surface area contributed by atoms with E-state index in [0.717, 1.165) is 24.8 Å². The molecule has 1 N–H and O–H groups in total. The third-order valence-electron chi connectivity index (χ3n) is 5.11. The summed E-state index contributed by atoms with van der Waals surface area (Å²) < 4.78 is 18.7. The Kier molecular flexibility index (Phi) is 5.02. The van der Waals surface area contributed by atoms with Gasteiger partial charge >= 0.3 is 5.97 Å². The molecule has 7 heteroatoms. The zero-order valence-electron chi connectivity index (χ0n) is 15.8. The molecule has 5 nitrogen and oxygen atoms in total. The van der Waals surface area contributed by atoms with Crippen LogP contribution in [0.15, 0.2) is 29.1 Å². The predicted molar refractivity (Wildman–Crippen MR) is 106 cm³/mol. The third-order valence-corrected chi connectivity index (χ3v) is 6.26. The molecule has 2 heterocycles. The first-order chi connectivity index (χ1) is 13.4. The number of esters is 1. The quantitative estimate of drug-likeness (QED) is 0.670. The number of rotatable bonds is 4. The lowest BCUT2D eigenvalue weighted by Gasteiger charge is -2.17.